The highest BCUT2D eigenvalue weighted by Gasteiger charge is 2.49. The normalized spacial score (nSPS) is 22.4. The number of H-pyrrole nitrogens is 1. The maximum atomic E-state index is 12.7. The van der Waals surface area contributed by atoms with Crippen LogP contribution < -0.4 is 0 Å². The third kappa shape index (κ3) is 3.12. The molecule has 0 saturated carbocycles. The zero-order valence-corrected chi connectivity index (χ0v) is 14.6. The Morgan fingerprint density at radius 1 is 1.36 bits per heavy atom. The van der Waals surface area contributed by atoms with Gasteiger partial charge in [-0.05, 0) is 31.1 Å². The number of aryl methyl sites for hydroxylation is 1. The molecule has 1 spiro atoms. The Labute approximate surface area is 146 Å². The van der Waals surface area contributed by atoms with Gasteiger partial charge in [0.05, 0.1) is 11.8 Å². The van der Waals surface area contributed by atoms with Gasteiger partial charge in [-0.25, -0.2) is 4.79 Å². The van der Waals surface area contributed by atoms with Crippen LogP contribution in [-0.2, 0) is 16.0 Å². The summed E-state index contributed by atoms with van der Waals surface area (Å²) in [5.41, 5.74) is 1.24. The summed E-state index contributed by atoms with van der Waals surface area (Å²) in [5.74, 6) is -1.18. The second kappa shape index (κ2) is 6.50. The van der Waals surface area contributed by atoms with Crippen molar-refractivity contribution in [2.24, 2.45) is 5.41 Å². The fourth-order valence-corrected chi connectivity index (χ4v) is 4.09. The number of hydrogen-bond donors (Lipinski definition) is 2. The lowest BCUT2D eigenvalue weighted by molar-refractivity contribution is -0.147. The van der Waals surface area contributed by atoms with Crippen LogP contribution in [-0.4, -0.2) is 68.6 Å². The summed E-state index contributed by atoms with van der Waals surface area (Å²) in [6, 6.07) is -0.750. The number of nitrogens with zero attached hydrogens (tertiary/aromatic N) is 3. The number of aromatic nitrogens is 2. The third-order valence-corrected chi connectivity index (χ3v) is 5.61. The maximum Gasteiger partial charge on any atom is 0.326 e. The van der Waals surface area contributed by atoms with Gasteiger partial charge in [0.25, 0.3) is 5.91 Å². The fraction of sp³-hybridized carbons (Fsp3) is 0.647. The van der Waals surface area contributed by atoms with Crippen molar-refractivity contribution in [1.82, 2.24) is 20.0 Å². The zero-order valence-electron chi connectivity index (χ0n) is 14.6. The summed E-state index contributed by atoms with van der Waals surface area (Å²) >= 11 is 0. The first kappa shape index (κ1) is 17.4. The van der Waals surface area contributed by atoms with Crippen LogP contribution in [0.5, 0.6) is 0 Å². The predicted molar refractivity (Wildman–Crippen MR) is 89.0 cm³/mol. The molecule has 1 atom stereocenters. The van der Waals surface area contributed by atoms with Crippen LogP contribution in [0.1, 0.15) is 49.2 Å². The van der Waals surface area contributed by atoms with E-state index >= 15 is 0 Å². The number of likely N-dealkylation sites (tertiary alicyclic amines) is 2. The quantitative estimate of drug-likeness (QED) is 0.844. The van der Waals surface area contributed by atoms with Gasteiger partial charge in [0.15, 0.2) is 0 Å². The van der Waals surface area contributed by atoms with Crippen LogP contribution >= 0.6 is 0 Å². The molecule has 136 valence electrons. The minimum Gasteiger partial charge on any atom is -0.480 e. The molecule has 1 aromatic rings. The molecule has 2 amide bonds. The summed E-state index contributed by atoms with van der Waals surface area (Å²) in [6.45, 7) is 5.00. The molecule has 1 unspecified atom stereocenters. The summed E-state index contributed by atoms with van der Waals surface area (Å²) in [5, 5.41) is 16.2. The summed E-state index contributed by atoms with van der Waals surface area (Å²) < 4.78 is 0. The Morgan fingerprint density at radius 3 is 2.56 bits per heavy atom. The summed E-state index contributed by atoms with van der Waals surface area (Å²) in [4.78, 5) is 39.2. The number of carbonyl (C=O) groups is 3. The van der Waals surface area contributed by atoms with Gasteiger partial charge in [0.2, 0.25) is 5.91 Å². The first-order chi connectivity index (χ1) is 11.9. The Balaban J connectivity index is 1.68. The molecule has 2 fully saturated rings. The van der Waals surface area contributed by atoms with Crippen LogP contribution in [0.4, 0.5) is 0 Å². The minimum absolute atomic E-state index is 0.0309. The highest BCUT2D eigenvalue weighted by atomic mass is 16.4. The predicted octanol–water partition coefficient (Wildman–Crippen LogP) is 0.900. The van der Waals surface area contributed by atoms with Crippen LogP contribution in [0.15, 0.2) is 6.20 Å². The second-order valence-electron chi connectivity index (χ2n) is 7.11. The number of piperidine rings is 1. The first-order valence-electron chi connectivity index (χ1n) is 8.68. The second-order valence-corrected chi connectivity index (χ2v) is 7.11. The van der Waals surface area contributed by atoms with E-state index in [9.17, 15) is 19.5 Å². The number of amides is 2. The number of aromatic amines is 1. The van der Waals surface area contributed by atoms with Crippen molar-refractivity contribution < 1.29 is 19.5 Å². The highest BCUT2D eigenvalue weighted by Crippen LogP contribution is 2.43. The molecular weight excluding hydrogens is 324 g/mol. The molecule has 8 nitrogen and oxygen atoms in total. The van der Waals surface area contributed by atoms with Crippen molar-refractivity contribution in [3.63, 3.8) is 0 Å². The molecular formula is C17H24N4O4. The van der Waals surface area contributed by atoms with E-state index in [-0.39, 0.29) is 17.2 Å². The largest absolute Gasteiger partial charge is 0.480 e. The molecule has 0 bridgehead atoms. The van der Waals surface area contributed by atoms with Crippen LogP contribution in [0, 0.1) is 5.41 Å². The topological polar surface area (TPSA) is 107 Å². The number of nitrogens with one attached hydrogen (secondary N) is 1. The molecule has 2 aliphatic rings. The lowest BCUT2D eigenvalue weighted by atomic mass is 9.76. The molecule has 3 rings (SSSR count). The van der Waals surface area contributed by atoms with Crippen LogP contribution in [0.2, 0.25) is 0 Å². The van der Waals surface area contributed by atoms with E-state index in [1.807, 2.05) is 11.8 Å². The molecule has 8 heteroatoms. The average Bonchev–Trinajstić information content (AvgIpc) is 3.20. The van der Waals surface area contributed by atoms with Gasteiger partial charge in [0.1, 0.15) is 6.04 Å². The lowest BCUT2D eigenvalue weighted by Gasteiger charge is -2.39. The number of aliphatic carboxylic acids is 1. The van der Waals surface area contributed by atoms with Crippen LogP contribution in [0.3, 0.4) is 0 Å². The van der Waals surface area contributed by atoms with Gasteiger partial charge in [-0.15, -0.1) is 0 Å². The SMILES string of the molecule is CCc1[nH]ncc1C(=O)N1CCC2(CC1)CC(C(=O)O)N(C(C)=O)C2. The average molecular weight is 348 g/mol. The molecule has 0 aromatic carbocycles. The van der Waals surface area contributed by atoms with Crippen molar-refractivity contribution in [3.05, 3.63) is 17.5 Å². The van der Waals surface area contributed by atoms with Crippen molar-refractivity contribution in [3.8, 4) is 0 Å². The van der Waals surface area contributed by atoms with Gasteiger partial charge in [-0.1, -0.05) is 6.92 Å². The van der Waals surface area contributed by atoms with Crippen LogP contribution in [0.25, 0.3) is 0 Å². The molecule has 2 saturated heterocycles. The van der Waals surface area contributed by atoms with Crippen molar-refractivity contribution in [2.45, 2.75) is 45.6 Å². The smallest absolute Gasteiger partial charge is 0.326 e. The molecule has 0 radical (unpaired) electrons. The minimum atomic E-state index is -0.948. The number of rotatable bonds is 3. The number of carbonyl (C=O) groups excluding carboxylic acids is 2. The zero-order chi connectivity index (χ0) is 18.2. The van der Waals surface area contributed by atoms with Gasteiger partial charge in [-0.3, -0.25) is 14.7 Å². The molecule has 0 aliphatic carbocycles. The van der Waals surface area contributed by atoms with E-state index in [0.29, 0.717) is 50.9 Å². The van der Waals surface area contributed by atoms with Crippen molar-refractivity contribution in [1.29, 1.82) is 0 Å². The Kier molecular flexibility index (Phi) is 4.53. The van der Waals surface area contributed by atoms with Crippen molar-refractivity contribution >= 4 is 17.8 Å². The van der Waals surface area contributed by atoms with Gasteiger partial charge < -0.3 is 14.9 Å². The maximum absolute atomic E-state index is 12.7. The monoisotopic (exact) mass is 348 g/mol. The van der Waals surface area contributed by atoms with Gasteiger partial charge in [-0.2, -0.15) is 5.10 Å². The van der Waals surface area contributed by atoms with E-state index in [1.165, 1.54) is 11.8 Å². The van der Waals surface area contributed by atoms with E-state index in [4.69, 9.17) is 0 Å². The molecule has 3 heterocycles. The van der Waals surface area contributed by atoms with Gasteiger partial charge >= 0.3 is 5.97 Å². The standard InChI is InChI=1S/C17H24N4O4/c1-3-13-12(9-18-19-13)15(23)20-6-4-17(5-7-20)8-14(16(24)25)21(10-17)11(2)22/h9,14H,3-8,10H2,1-2H3,(H,18,19)(H,24,25). The molecule has 1 aromatic heterocycles. The number of carboxylic acid groups (broad SMARTS) is 1. The Morgan fingerprint density at radius 2 is 2.04 bits per heavy atom. The highest BCUT2D eigenvalue weighted by molar-refractivity contribution is 5.95. The summed E-state index contributed by atoms with van der Waals surface area (Å²) in [7, 11) is 0. The van der Waals surface area contributed by atoms with Gasteiger partial charge in [0, 0.05) is 32.3 Å². The summed E-state index contributed by atoms with van der Waals surface area (Å²) in [6.07, 6.45) is 4.18. The third-order valence-electron chi connectivity index (χ3n) is 5.61. The van der Waals surface area contributed by atoms with E-state index in [1.54, 1.807) is 6.20 Å². The Hall–Kier alpha value is -2.38. The van der Waals surface area contributed by atoms with E-state index < -0.39 is 12.0 Å². The Bertz CT molecular complexity index is 667. The number of carboxylic acids is 1. The van der Waals surface area contributed by atoms with Crippen molar-refractivity contribution in [2.75, 3.05) is 19.6 Å². The fourth-order valence-electron chi connectivity index (χ4n) is 4.09. The lowest BCUT2D eigenvalue weighted by Crippen LogP contribution is -2.44. The first-order valence-corrected chi connectivity index (χ1v) is 8.68. The molecule has 25 heavy (non-hydrogen) atoms. The number of hydrogen-bond acceptors (Lipinski definition) is 4. The molecule has 2 aliphatic heterocycles. The van der Waals surface area contributed by atoms with E-state index in [2.05, 4.69) is 10.2 Å². The van der Waals surface area contributed by atoms with E-state index in [0.717, 1.165) is 5.69 Å². The molecule has 2 N–H and O–H groups in total.